The Kier molecular flexibility index (Phi) is 2.99. The fourth-order valence-electron chi connectivity index (χ4n) is 3.37. The first kappa shape index (κ1) is 10.9. The summed E-state index contributed by atoms with van der Waals surface area (Å²) in [7, 11) is 0. The molecule has 0 saturated heterocycles. The summed E-state index contributed by atoms with van der Waals surface area (Å²) in [6.07, 6.45) is 6.58. The van der Waals surface area contributed by atoms with E-state index in [1.165, 1.54) is 5.57 Å². The van der Waals surface area contributed by atoms with Crippen molar-refractivity contribution < 1.29 is 4.79 Å². The quantitative estimate of drug-likeness (QED) is 0.599. The second kappa shape index (κ2) is 4.11. The summed E-state index contributed by atoms with van der Waals surface area (Å²) in [5, 5.41) is 0. The summed E-state index contributed by atoms with van der Waals surface area (Å²) in [6, 6.07) is 0. The molecule has 84 valence electrons. The fourth-order valence-corrected chi connectivity index (χ4v) is 3.37. The second-order valence-electron chi connectivity index (χ2n) is 5.65. The van der Waals surface area contributed by atoms with E-state index in [9.17, 15) is 4.79 Å². The molecule has 15 heavy (non-hydrogen) atoms. The van der Waals surface area contributed by atoms with Crippen LogP contribution in [0.3, 0.4) is 0 Å². The maximum absolute atomic E-state index is 11.9. The molecule has 1 nitrogen and oxygen atoms in total. The average molecular weight is 206 g/mol. The van der Waals surface area contributed by atoms with Crippen molar-refractivity contribution in [2.45, 2.75) is 46.5 Å². The molecule has 0 heterocycles. The zero-order chi connectivity index (χ0) is 11.0. The molecule has 2 aliphatic carbocycles. The number of hydrogen-bond donors (Lipinski definition) is 0. The molecule has 0 aromatic rings. The molecule has 0 bridgehead atoms. The summed E-state index contributed by atoms with van der Waals surface area (Å²) in [5.41, 5.74) is 1.50. The van der Waals surface area contributed by atoms with Crippen LogP contribution in [-0.4, -0.2) is 5.78 Å². The number of carbonyl (C=O) groups is 1. The molecular weight excluding hydrogens is 184 g/mol. The molecule has 0 aliphatic heterocycles. The van der Waals surface area contributed by atoms with Crippen molar-refractivity contribution in [3.8, 4) is 0 Å². The summed E-state index contributed by atoms with van der Waals surface area (Å²) >= 11 is 0. The van der Waals surface area contributed by atoms with E-state index in [0.717, 1.165) is 31.6 Å². The smallest absolute Gasteiger partial charge is 0.136 e. The van der Waals surface area contributed by atoms with E-state index in [4.69, 9.17) is 0 Å². The van der Waals surface area contributed by atoms with Gasteiger partial charge in [0.1, 0.15) is 5.78 Å². The largest absolute Gasteiger partial charge is 0.299 e. The monoisotopic (exact) mass is 206 g/mol. The van der Waals surface area contributed by atoms with Gasteiger partial charge in [0.25, 0.3) is 0 Å². The highest BCUT2D eigenvalue weighted by molar-refractivity contribution is 5.82. The highest BCUT2D eigenvalue weighted by atomic mass is 16.1. The molecule has 0 N–H and O–H groups in total. The number of Topliss-reactive ketones (excluding diaryl/α,β-unsaturated/α-hetero) is 1. The van der Waals surface area contributed by atoms with Gasteiger partial charge in [0, 0.05) is 12.3 Å². The molecule has 0 unspecified atom stereocenters. The van der Waals surface area contributed by atoms with Gasteiger partial charge in [-0.3, -0.25) is 4.79 Å². The van der Waals surface area contributed by atoms with Gasteiger partial charge in [-0.15, -0.1) is 0 Å². The lowest BCUT2D eigenvalue weighted by Gasteiger charge is -2.40. The summed E-state index contributed by atoms with van der Waals surface area (Å²) in [5.74, 6) is 2.89. The third-order valence-corrected chi connectivity index (χ3v) is 4.28. The van der Waals surface area contributed by atoms with Crippen LogP contribution in [0.5, 0.6) is 0 Å². The summed E-state index contributed by atoms with van der Waals surface area (Å²) in [4.78, 5) is 11.9. The van der Waals surface area contributed by atoms with E-state index in [0.29, 0.717) is 23.5 Å². The van der Waals surface area contributed by atoms with Crippen LogP contribution in [0.25, 0.3) is 0 Å². The first-order valence-electron chi connectivity index (χ1n) is 6.29. The number of rotatable bonds is 1. The van der Waals surface area contributed by atoms with Crippen molar-refractivity contribution in [3.05, 3.63) is 11.6 Å². The second-order valence-corrected chi connectivity index (χ2v) is 5.65. The zero-order valence-electron chi connectivity index (χ0n) is 10.1. The molecule has 1 heteroatoms. The van der Waals surface area contributed by atoms with Crippen LogP contribution in [0.4, 0.5) is 0 Å². The molecule has 0 radical (unpaired) electrons. The summed E-state index contributed by atoms with van der Waals surface area (Å²) in [6.45, 7) is 6.82. The molecule has 0 spiro atoms. The van der Waals surface area contributed by atoms with Crippen LogP contribution < -0.4 is 0 Å². The van der Waals surface area contributed by atoms with Gasteiger partial charge in [0.05, 0.1) is 0 Å². The van der Waals surface area contributed by atoms with Crippen molar-refractivity contribution in [1.82, 2.24) is 0 Å². The van der Waals surface area contributed by atoms with Crippen molar-refractivity contribution in [1.29, 1.82) is 0 Å². The van der Waals surface area contributed by atoms with Gasteiger partial charge in [-0.05, 0) is 43.9 Å². The van der Waals surface area contributed by atoms with Gasteiger partial charge < -0.3 is 0 Å². The maximum Gasteiger partial charge on any atom is 0.136 e. The van der Waals surface area contributed by atoms with Crippen molar-refractivity contribution in [2.24, 2.45) is 23.7 Å². The van der Waals surface area contributed by atoms with Crippen LogP contribution in [0.1, 0.15) is 46.5 Å². The first-order chi connectivity index (χ1) is 7.09. The molecule has 0 amide bonds. The number of ketones is 1. The van der Waals surface area contributed by atoms with Crippen LogP contribution in [0, 0.1) is 23.7 Å². The lowest BCUT2D eigenvalue weighted by molar-refractivity contribution is -0.128. The highest BCUT2D eigenvalue weighted by Crippen LogP contribution is 2.43. The zero-order valence-corrected chi connectivity index (χ0v) is 10.1. The third kappa shape index (κ3) is 2.02. The Labute approximate surface area is 92.9 Å². The molecular formula is C14H22O. The molecule has 2 aliphatic rings. The number of carbonyl (C=O) groups excluding carboxylic acids is 1. The van der Waals surface area contributed by atoms with Crippen LogP contribution in [-0.2, 0) is 4.79 Å². The predicted octanol–water partition coefficient (Wildman–Crippen LogP) is 3.59. The number of allylic oxidation sites excluding steroid dienone is 2. The van der Waals surface area contributed by atoms with Gasteiger partial charge in [0.15, 0.2) is 0 Å². The number of fused-ring (bicyclic) bond motifs is 1. The van der Waals surface area contributed by atoms with E-state index in [2.05, 4.69) is 26.8 Å². The fraction of sp³-hybridized carbons (Fsp3) is 0.786. The van der Waals surface area contributed by atoms with Gasteiger partial charge >= 0.3 is 0 Å². The molecule has 0 aromatic heterocycles. The maximum atomic E-state index is 11.9. The Bertz CT molecular complexity index is 288. The van der Waals surface area contributed by atoms with Gasteiger partial charge in [-0.2, -0.15) is 0 Å². The Morgan fingerprint density at radius 1 is 1.27 bits per heavy atom. The Morgan fingerprint density at radius 2 is 2.00 bits per heavy atom. The van der Waals surface area contributed by atoms with E-state index < -0.39 is 0 Å². The lowest BCUT2D eigenvalue weighted by Crippen LogP contribution is -2.38. The number of hydrogen-bond acceptors (Lipinski definition) is 1. The van der Waals surface area contributed by atoms with Gasteiger partial charge in [-0.25, -0.2) is 0 Å². The lowest BCUT2D eigenvalue weighted by atomic mass is 9.63. The standard InChI is InChI=1S/C14H22O/c1-9(2)11-6-7-14(15)12-5-4-10(3)8-13(11)12/h8-9,11-13H,4-7H2,1-3H3/t11-,12-,13+/m1/s1. The van der Waals surface area contributed by atoms with Gasteiger partial charge in [-0.1, -0.05) is 25.5 Å². The van der Waals surface area contributed by atoms with Crippen LogP contribution in [0.15, 0.2) is 11.6 Å². The topological polar surface area (TPSA) is 17.1 Å². The third-order valence-electron chi connectivity index (χ3n) is 4.28. The van der Waals surface area contributed by atoms with Crippen molar-refractivity contribution in [2.75, 3.05) is 0 Å². The molecule has 1 fully saturated rings. The Morgan fingerprint density at radius 3 is 2.67 bits per heavy atom. The van der Waals surface area contributed by atoms with Crippen molar-refractivity contribution >= 4 is 5.78 Å². The highest BCUT2D eigenvalue weighted by Gasteiger charge is 2.39. The van der Waals surface area contributed by atoms with Crippen LogP contribution in [0.2, 0.25) is 0 Å². The predicted molar refractivity (Wildman–Crippen MR) is 62.5 cm³/mol. The first-order valence-corrected chi connectivity index (χ1v) is 6.29. The van der Waals surface area contributed by atoms with Crippen LogP contribution >= 0.6 is 0 Å². The van der Waals surface area contributed by atoms with E-state index in [1.54, 1.807) is 0 Å². The minimum atomic E-state index is 0.356. The Balaban J connectivity index is 2.24. The SMILES string of the molecule is CC1=C[C@H]2[C@@H](C(C)C)CCC(=O)[C@@H]2CC1. The normalized spacial score (nSPS) is 36.4. The molecule has 2 rings (SSSR count). The minimum absolute atomic E-state index is 0.356. The van der Waals surface area contributed by atoms with E-state index >= 15 is 0 Å². The summed E-state index contributed by atoms with van der Waals surface area (Å²) < 4.78 is 0. The molecule has 1 saturated carbocycles. The van der Waals surface area contributed by atoms with Crippen molar-refractivity contribution in [3.63, 3.8) is 0 Å². The van der Waals surface area contributed by atoms with Gasteiger partial charge in [0.2, 0.25) is 0 Å². The van der Waals surface area contributed by atoms with E-state index in [1.807, 2.05) is 0 Å². The molecule has 0 aromatic carbocycles. The molecule has 3 atom stereocenters. The minimum Gasteiger partial charge on any atom is -0.299 e. The Hall–Kier alpha value is -0.590. The van der Waals surface area contributed by atoms with E-state index in [-0.39, 0.29) is 0 Å². The average Bonchev–Trinajstić information content (AvgIpc) is 2.17.